The third kappa shape index (κ3) is 6.03. The molecule has 3 rings (SSSR count). The number of anilines is 1. The Morgan fingerprint density at radius 2 is 1.57 bits per heavy atom. The third-order valence-corrected chi connectivity index (χ3v) is 5.78. The van der Waals surface area contributed by atoms with Gasteiger partial charge in [0.05, 0.1) is 21.7 Å². The number of hydrogen-bond acceptors (Lipinski definition) is 3. The molecule has 0 aliphatic carbocycles. The Kier molecular flexibility index (Phi) is 8.27. The molecule has 0 aliphatic rings. The van der Waals surface area contributed by atoms with Crippen molar-refractivity contribution in [1.29, 1.82) is 0 Å². The van der Waals surface area contributed by atoms with Crippen molar-refractivity contribution in [2.45, 2.75) is 20.1 Å². The summed E-state index contributed by atoms with van der Waals surface area (Å²) >= 11 is 30.7. The summed E-state index contributed by atoms with van der Waals surface area (Å²) in [4.78, 5) is 0. The van der Waals surface area contributed by atoms with Crippen LogP contribution < -0.4 is 14.8 Å². The molecule has 0 bridgehead atoms. The normalized spacial score (nSPS) is 10.7. The molecular weight excluding hydrogens is 488 g/mol. The molecule has 0 spiro atoms. The summed E-state index contributed by atoms with van der Waals surface area (Å²) in [6, 6.07) is 14.3. The first kappa shape index (κ1) is 23.2. The van der Waals surface area contributed by atoms with Gasteiger partial charge in [0.15, 0.2) is 11.5 Å². The van der Waals surface area contributed by atoms with Gasteiger partial charge in [-0.2, -0.15) is 0 Å². The van der Waals surface area contributed by atoms with Crippen molar-refractivity contribution < 1.29 is 9.47 Å². The first-order valence-corrected chi connectivity index (χ1v) is 11.0. The summed E-state index contributed by atoms with van der Waals surface area (Å²) in [5, 5.41) is 5.81. The Morgan fingerprint density at radius 1 is 0.767 bits per heavy atom. The van der Waals surface area contributed by atoms with Crippen LogP contribution in [0.25, 0.3) is 0 Å². The molecule has 8 heteroatoms. The van der Waals surface area contributed by atoms with Crippen LogP contribution in [0, 0.1) is 0 Å². The average molecular weight is 506 g/mol. The summed E-state index contributed by atoms with van der Waals surface area (Å²) in [6.07, 6.45) is 0. The number of hydrogen-bond donors (Lipinski definition) is 1. The maximum atomic E-state index is 6.50. The Balaban J connectivity index is 1.76. The smallest absolute Gasteiger partial charge is 0.180 e. The molecule has 3 aromatic rings. The zero-order chi connectivity index (χ0) is 21.7. The van der Waals surface area contributed by atoms with Crippen LogP contribution in [-0.2, 0) is 13.2 Å². The first-order chi connectivity index (χ1) is 14.4. The van der Waals surface area contributed by atoms with Crippen molar-refractivity contribution >= 4 is 63.7 Å². The highest BCUT2D eigenvalue weighted by Crippen LogP contribution is 2.38. The molecule has 0 amide bonds. The fourth-order valence-electron chi connectivity index (χ4n) is 2.73. The molecule has 0 unspecified atom stereocenters. The van der Waals surface area contributed by atoms with Gasteiger partial charge in [0.25, 0.3) is 0 Å². The van der Waals surface area contributed by atoms with Gasteiger partial charge in [0.2, 0.25) is 0 Å². The van der Waals surface area contributed by atoms with Crippen molar-refractivity contribution in [3.8, 4) is 11.5 Å². The Bertz CT molecular complexity index is 1040. The summed E-state index contributed by atoms with van der Waals surface area (Å²) in [7, 11) is 0. The Labute approximate surface area is 200 Å². The highest BCUT2D eigenvalue weighted by molar-refractivity contribution is 6.42. The lowest BCUT2D eigenvalue weighted by Gasteiger charge is -2.16. The minimum absolute atomic E-state index is 0.233. The van der Waals surface area contributed by atoms with Crippen molar-refractivity contribution in [3.63, 3.8) is 0 Å². The van der Waals surface area contributed by atoms with Crippen molar-refractivity contribution in [3.05, 3.63) is 84.8 Å². The second-order valence-electron chi connectivity index (χ2n) is 6.34. The van der Waals surface area contributed by atoms with E-state index in [9.17, 15) is 0 Å². The van der Waals surface area contributed by atoms with E-state index in [0.717, 1.165) is 16.8 Å². The largest absolute Gasteiger partial charge is 0.490 e. The Hall–Kier alpha value is -1.49. The van der Waals surface area contributed by atoms with Gasteiger partial charge in [-0.3, -0.25) is 0 Å². The van der Waals surface area contributed by atoms with Gasteiger partial charge in [-0.1, -0.05) is 64.1 Å². The number of halogens is 5. The first-order valence-electron chi connectivity index (χ1n) is 9.08. The molecule has 0 atom stereocenters. The second-order valence-corrected chi connectivity index (χ2v) is 8.41. The van der Waals surface area contributed by atoms with Crippen LogP contribution in [0.4, 0.5) is 5.69 Å². The molecule has 158 valence electrons. The molecule has 1 N–H and O–H groups in total. The summed E-state index contributed by atoms with van der Waals surface area (Å²) in [5.41, 5.74) is 2.56. The maximum Gasteiger partial charge on any atom is 0.180 e. The van der Waals surface area contributed by atoms with Crippen molar-refractivity contribution in [2.24, 2.45) is 0 Å². The SMILES string of the molecule is CCOc1cc(CNc2ccc(Cl)c(Cl)c2)cc(Cl)c1OCc1ccc(Cl)cc1Cl. The lowest BCUT2D eigenvalue weighted by molar-refractivity contribution is 0.269. The van der Waals surface area contributed by atoms with Gasteiger partial charge in [0.1, 0.15) is 6.61 Å². The predicted octanol–water partition coefficient (Wildman–Crippen LogP) is 8.54. The molecule has 0 saturated heterocycles. The highest BCUT2D eigenvalue weighted by Gasteiger charge is 2.14. The number of nitrogens with one attached hydrogen (secondary N) is 1. The standard InChI is InChI=1S/C22H18Cl5NO2/c1-2-29-21-8-13(11-28-16-5-6-17(24)19(26)10-16)7-20(27)22(21)30-12-14-3-4-15(23)9-18(14)25/h3-10,28H,2,11-12H2,1H3. The lowest BCUT2D eigenvalue weighted by Crippen LogP contribution is -2.04. The van der Waals surface area contributed by atoms with E-state index in [4.69, 9.17) is 67.5 Å². The van der Waals surface area contributed by atoms with E-state index in [1.807, 2.05) is 31.2 Å². The number of benzene rings is 3. The van der Waals surface area contributed by atoms with Crippen LogP contribution in [0.1, 0.15) is 18.1 Å². The summed E-state index contributed by atoms with van der Waals surface area (Å²) in [6.45, 7) is 3.12. The molecule has 0 aliphatic heterocycles. The highest BCUT2D eigenvalue weighted by atomic mass is 35.5. The summed E-state index contributed by atoms with van der Waals surface area (Å²) < 4.78 is 11.7. The minimum Gasteiger partial charge on any atom is -0.490 e. The minimum atomic E-state index is 0.233. The fraction of sp³-hybridized carbons (Fsp3) is 0.182. The maximum absolute atomic E-state index is 6.50. The van der Waals surface area contributed by atoms with Crippen LogP contribution >= 0.6 is 58.0 Å². The van der Waals surface area contributed by atoms with Crippen molar-refractivity contribution in [1.82, 2.24) is 0 Å². The predicted molar refractivity (Wildman–Crippen MR) is 127 cm³/mol. The van der Waals surface area contributed by atoms with Gasteiger partial charge in [0, 0.05) is 27.8 Å². The van der Waals surface area contributed by atoms with E-state index in [1.165, 1.54) is 0 Å². The molecule has 30 heavy (non-hydrogen) atoms. The topological polar surface area (TPSA) is 30.5 Å². The van der Waals surface area contributed by atoms with E-state index in [1.54, 1.807) is 24.3 Å². The van der Waals surface area contributed by atoms with Crippen LogP contribution in [0.5, 0.6) is 11.5 Å². The number of rotatable bonds is 8. The van der Waals surface area contributed by atoms with Gasteiger partial charge < -0.3 is 14.8 Å². The van der Waals surface area contributed by atoms with Crippen molar-refractivity contribution in [2.75, 3.05) is 11.9 Å². The van der Waals surface area contributed by atoms with Gasteiger partial charge in [-0.15, -0.1) is 0 Å². The van der Waals surface area contributed by atoms with Crippen LogP contribution in [-0.4, -0.2) is 6.61 Å². The van der Waals surface area contributed by atoms with E-state index in [2.05, 4.69) is 5.32 Å². The lowest BCUT2D eigenvalue weighted by atomic mass is 10.2. The molecule has 3 aromatic carbocycles. The Morgan fingerprint density at radius 3 is 2.27 bits per heavy atom. The van der Waals surface area contributed by atoms with Gasteiger partial charge in [-0.25, -0.2) is 0 Å². The zero-order valence-corrected chi connectivity index (χ0v) is 19.7. The zero-order valence-electron chi connectivity index (χ0n) is 15.9. The van der Waals surface area contributed by atoms with E-state index < -0.39 is 0 Å². The molecule has 0 radical (unpaired) electrons. The average Bonchev–Trinajstić information content (AvgIpc) is 2.70. The van der Waals surface area contributed by atoms with Crippen LogP contribution in [0.3, 0.4) is 0 Å². The summed E-state index contributed by atoms with van der Waals surface area (Å²) in [5.74, 6) is 1.02. The monoisotopic (exact) mass is 503 g/mol. The van der Waals surface area contributed by atoms with Gasteiger partial charge in [-0.05, 0) is 55.0 Å². The van der Waals surface area contributed by atoms with Crippen LogP contribution in [0.2, 0.25) is 25.1 Å². The molecule has 0 saturated carbocycles. The van der Waals surface area contributed by atoms with Crippen LogP contribution in [0.15, 0.2) is 48.5 Å². The van der Waals surface area contributed by atoms with E-state index >= 15 is 0 Å². The second kappa shape index (κ2) is 10.7. The van der Waals surface area contributed by atoms with E-state index in [0.29, 0.717) is 49.8 Å². The quantitative estimate of drug-likeness (QED) is 0.333. The van der Waals surface area contributed by atoms with Gasteiger partial charge >= 0.3 is 0 Å². The molecule has 3 nitrogen and oxygen atoms in total. The number of ether oxygens (including phenoxy) is 2. The molecule has 0 heterocycles. The third-order valence-electron chi connectivity index (χ3n) is 4.17. The molecular formula is C22H18Cl5NO2. The fourth-order valence-corrected chi connectivity index (χ4v) is 3.77. The van der Waals surface area contributed by atoms with E-state index in [-0.39, 0.29) is 6.61 Å². The molecule has 0 aromatic heterocycles. The molecule has 0 fully saturated rings.